The van der Waals surface area contributed by atoms with E-state index in [4.69, 9.17) is 9.47 Å². The van der Waals surface area contributed by atoms with Crippen LogP contribution in [0, 0.1) is 5.92 Å². The standard InChI is InChI=1S/C23H25NO4/c25-14-6-8-19(22(26)11-14)23-18-5-1-4-17(18)20-12-15(7-9-21(20)24-23)28-13-16-3-2-10-27-16/h1,4,6-9,11-12,16-18,23-26H,2-3,5,10,13H2. The van der Waals surface area contributed by atoms with Crippen molar-refractivity contribution in [3.05, 3.63) is 59.7 Å². The van der Waals surface area contributed by atoms with Crippen molar-refractivity contribution in [3.8, 4) is 17.2 Å². The van der Waals surface area contributed by atoms with Crippen molar-refractivity contribution in [1.29, 1.82) is 0 Å². The topological polar surface area (TPSA) is 71.0 Å². The van der Waals surface area contributed by atoms with E-state index in [0.717, 1.165) is 42.9 Å². The lowest BCUT2D eigenvalue weighted by Gasteiger charge is -2.38. The van der Waals surface area contributed by atoms with Crippen LogP contribution in [-0.2, 0) is 4.74 Å². The molecule has 1 fully saturated rings. The molecule has 146 valence electrons. The Morgan fingerprint density at radius 3 is 2.86 bits per heavy atom. The highest BCUT2D eigenvalue weighted by molar-refractivity contribution is 5.62. The van der Waals surface area contributed by atoms with E-state index in [-0.39, 0.29) is 29.6 Å². The number of ether oxygens (including phenoxy) is 2. The summed E-state index contributed by atoms with van der Waals surface area (Å²) in [6.07, 6.45) is 7.81. The zero-order valence-corrected chi connectivity index (χ0v) is 15.7. The first-order chi connectivity index (χ1) is 13.7. The molecule has 0 saturated carbocycles. The minimum atomic E-state index is -0.00763. The van der Waals surface area contributed by atoms with Gasteiger partial charge in [-0.1, -0.05) is 12.2 Å². The summed E-state index contributed by atoms with van der Waals surface area (Å²) >= 11 is 0. The van der Waals surface area contributed by atoms with Crippen LogP contribution in [0.3, 0.4) is 0 Å². The van der Waals surface area contributed by atoms with Gasteiger partial charge in [-0.2, -0.15) is 0 Å². The molecule has 0 aromatic heterocycles. The number of hydrogen-bond donors (Lipinski definition) is 3. The number of phenolic OH excluding ortho intramolecular Hbond substituents is 2. The minimum absolute atomic E-state index is 0.00763. The molecule has 4 atom stereocenters. The van der Waals surface area contributed by atoms with Crippen molar-refractivity contribution in [3.63, 3.8) is 0 Å². The first kappa shape index (κ1) is 17.4. The largest absolute Gasteiger partial charge is 0.508 e. The van der Waals surface area contributed by atoms with E-state index >= 15 is 0 Å². The molecular weight excluding hydrogens is 354 g/mol. The van der Waals surface area contributed by atoms with E-state index in [1.165, 1.54) is 11.6 Å². The molecule has 3 N–H and O–H groups in total. The van der Waals surface area contributed by atoms with Gasteiger partial charge in [-0.25, -0.2) is 0 Å². The maximum absolute atomic E-state index is 10.4. The number of benzene rings is 2. The van der Waals surface area contributed by atoms with Gasteiger partial charge in [-0.05, 0) is 61.1 Å². The Labute approximate surface area is 164 Å². The Balaban J connectivity index is 1.42. The Morgan fingerprint density at radius 2 is 2.04 bits per heavy atom. The Bertz CT molecular complexity index is 903. The fourth-order valence-electron chi connectivity index (χ4n) is 4.73. The van der Waals surface area contributed by atoms with Gasteiger partial charge in [-0.15, -0.1) is 0 Å². The van der Waals surface area contributed by atoms with E-state index in [2.05, 4.69) is 29.6 Å². The molecule has 5 rings (SSSR count). The van der Waals surface area contributed by atoms with Gasteiger partial charge in [0.05, 0.1) is 12.1 Å². The van der Waals surface area contributed by atoms with Crippen LogP contribution in [0.1, 0.15) is 42.3 Å². The highest BCUT2D eigenvalue weighted by Gasteiger charge is 2.39. The van der Waals surface area contributed by atoms with Gasteiger partial charge >= 0.3 is 0 Å². The van der Waals surface area contributed by atoms with Crippen molar-refractivity contribution in [1.82, 2.24) is 0 Å². The number of allylic oxidation sites excluding steroid dienone is 2. The van der Waals surface area contributed by atoms with Crippen molar-refractivity contribution < 1.29 is 19.7 Å². The summed E-state index contributed by atoms with van der Waals surface area (Å²) in [6.45, 7) is 1.43. The van der Waals surface area contributed by atoms with Crippen LogP contribution in [0.15, 0.2) is 48.6 Å². The molecule has 2 aromatic rings. The quantitative estimate of drug-likeness (QED) is 0.683. The monoisotopic (exact) mass is 379 g/mol. The fourth-order valence-corrected chi connectivity index (χ4v) is 4.73. The number of rotatable bonds is 4. The highest BCUT2D eigenvalue weighted by atomic mass is 16.5. The third-order valence-corrected chi connectivity index (χ3v) is 6.14. The predicted octanol–water partition coefficient (Wildman–Crippen LogP) is 4.48. The molecule has 5 nitrogen and oxygen atoms in total. The second-order valence-corrected chi connectivity index (χ2v) is 7.91. The molecule has 3 aliphatic rings. The average molecular weight is 379 g/mol. The Morgan fingerprint density at radius 1 is 1.11 bits per heavy atom. The molecule has 2 heterocycles. The lowest BCUT2D eigenvalue weighted by atomic mass is 9.77. The second-order valence-electron chi connectivity index (χ2n) is 7.91. The van der Waals surface area contributed by atoms with Crippen LogP contribution < -0.4 is 10.1 Å². The van der Waals surface area contributed by atoms with E-state index in [1.54, 1.807) is 6.07 Å². The van der Waals surface area contributed by atoms with Crippen molar-refractivity contribution in [2.75, 3.05) is 18.5 Å². The van der Waals surface area contributed by atoms with E-state index in [1.807, 2.05) is 12.1 Å². The summed E-state index contributed by atoms with van der Waals surface area (Å²) in [4.78, 5) is 0. The first-order valence-electron chi connectivity index (χ1n) is 10.0. The smallest absolute Gasteiger partial charge is 0.124 e. The molecule has 2 aromatic carbocycles. The molecule has 1 saturated heterocycles. The van der Waals surface area contributed by atoms with Crippen LogP contribution >= 0.6 is 0 Å². The molecule has 1 aliphatic carbocycles. The molecule has 5 heteroatoms. The number of hydrogen-bond acceptors (Lipinski definition) is 5. The maximum atomic E-state index is 10.4. The number of phenols is 2. The number of anilines is 1. The van der Waals surface area contributed by atoms with Gasteiger partial charge in [0.1, 0.15) is 23.9 Å². The van der Waals surface area contributed by atoms with Crippen molar-refractivity contribution in [2.45, 2.75) is 37.3 Å². The third-order valence-electron chi connectivity index (χ3n) is 6.14. The average Bonchev–Trinajstić information content (AvgIpc) is 3.38. The van der Waals surface area contributed by atoms with Crippen LogP contribution in [-0.4, -0.2) is 29.5 Å². The summed E-state index contributed by atoms with van der Waals surface area (Å²) in [5.74, 6) is 1.67. The highest BCUT2D eigenvalue weighted by Crippen LogP contribution is 2.51. The Hall–Kier alpha value is -2.66. The van der Waals surface area contributed by atoms with Gasteiger partial charge in [0.15, 0.2) is 0 Å². The summed E-state index contributed by atoms with van der Waals surface area (Å²) < 4.78 is 11.7. The zero-order valence-electron chi connectivity index (χ0n) is 15.7. The first-order valence-corrected chi connectivity index (χ1v) is 10.0. The minimum Gasteiger partial charge on any atom is -0.508 e. The lowest BCUT2D eigenvalue weighted by Crippen LogP contribution is -2.29. The number of aromatic hydroxyl groups is 2. The van der Waals surface area contributed by atoms with Crippen molar-refractivity contribution >= 4 is 5.69 Å². The summed E-state index contributed by atoms with van der Waals surface area (Å²) in [7, 11) is 0. The molecule has 4 unspecified atom stereocenters. The van der Waals surface area contributed by atoms with Crippen LogP contribution in [0.2, 0.25) is 0 Å². The molecule has 28 heavy (non-hydrogen) atoms. The summed E-state index contributed by atoms with van der Waals surface area (Å²) in [5, 5.41) is 23.6. The van der Waals surface area contributed by atoms with Gasteiger partial charge in [-0.3, -0.25) is 0 Å². The summed E-state index contributed by atoms with van der Waals surface area (Å²) in [6, 6.07) is 11.0. The van der Waals surface area contributed by atoms with Crippen LogP contribution in [0.5, 0.6) is 17.2 Å². The van der Waals surface area contributed by atoms with Gasteiger partial charge in [0.25, 0.3) is 0 Å². The van der Waals surface area contributed by atoms with E-state index < -0.39 is 0 Å². The molecule has 2 aliphatic heterocycles. The molecule has 0 amide bonds. The molecule has 0 bridgehead atoms. The Kier molecular flexibility index (Phi) is 4.40. The van der Waals surface area contributed by atoms with Gasteiger partial charge < -0.3 is 25.0 Å². The zero-order chi connectivity index (χ0) is 19.1. The SMILES string of the molecule is Oc1ccc(C2Nc3ccc(OCC4CCCO4)cc3C3C=CCC32)c(O)c1. The lowest BCUT2D eigenvalue weighted by molar-refractivity contribution is 0.0679. The molecular formula is C23H25NO4. The molecule has 0 radical (unpaired) electrons. The van der Waals surface area contributed by atoms with Gasteiger partial charge in [0.2, 0.25) is 0 Å². The van der Waals surface area contributed by atoms with Crippen LogP contribution in [0.4, 0.5) is 5.69 Å². The maximum Gasteiger partial charge on any atom is 0.124 e. The van der Waals surface area contributed by atoms with Gasteiger partial charge in [0, 0.05) is 29.8 Å². The van der Waals surface area contributed by atoms with E-state index in [9.17, 15) is 10.2 Å². The number of nitrogens with one attached hydrogen (secondary N) is 1. The third kappa shape index (κ3) is 3.10. The second kappa shape index (κ2) is 7.06. The number of fused-ring (bicyclic) bond motifs is 3. The predicted molar refractivity (Wildman–Crippen MR) is 107 cm³/mol. The fraction of sp³-hybridized carbons (Fsp3) is 0.391. The normalized spacial score (nSPS) is 27.9. The molecule has 0 spiro atoms. The van der Waals surface area contributed by atoms with E-state index in [0.29, 0.717) is 12.5 Å². The van der Waals surface area contributed by atoms with Crippen molar-refractivity contribution in [2.24, 2.45) is 5.92 Å². The summed E-state index contributed by atoms with van der Waals surface area (Å²) in [5.41, 5.74) is 3.12. The van der Waals surface area contributed by atoms with Crippen LogP contribution in [0.25, 0.3) is 0 Å².